The van der Waals surface area contributed by atoms with Crippen molar-refractivity contribution in [3.8, 4) is 11.5 Å². The van der Waals surface area contributed by atoms with Gasteiger partial charge in [-0.05, 0) is 24.3 Å². The molecule has 0 fully saturated rings. The van der Waals surface area contributed by atoms with Crippen LogP contribution in [0.1, 0.15) is 0 Å². The van der Waals surface area contributed by atoms with E-state index in [1.807, 2.05) is 24.3 Å². The Morgan fingerprint density at radius 2 is 1.70 bits per heavy atom. The molecule has 1 aromatic carbocycles. The molecule has 0 saturated carbocycles. The van der Waals surface area contributed by atoms with E-state index in [2.05, 4.69) is 4.98 Å². The van der Waals surface area contributed by atoms with E-state index in [9.17, 15) is 4.79 Å². The van der Waals surface area contributed by atoms with Crippen LogP contribution >= 0.6 is 7.82 Å². The van der Waals surface area contributed by atoms with Crippen LogP contribution in [-0.4, -0.2) is 19.7 Å². The molecule has 0 amide bonds. The summed E-state index contributed by atoms with van der Waals surface area (Å²) < 4.78 is 14.4. The van der Waals surface area contributed by atoms with Crippen molar-refractivity contribution in [1.82, 2.24) is 4.98 Å². The standard InChI is InChI=1S/C12H7NO2.H3O4P/c14-8-5-6-10-12(7-8)15-11-4-2-1-3-9(11)13-10;1-5(2,3)4/h1-7H;(H3,1,2,3,4). The van der Waals surface area contributed by atoms with Crippen molar-refractivity contribution in [2.75, 3.05) is 0 Å². The molecule has 1 aromatic rings. The highest BCUT2D eigenvalue weighted by atomic mass is 31.2. The lowest BCUT2D eigenvalue weighted by Crippen LogP contribution is -1.99. The van der Waals surface area contributed by atoms with E-state index in [4.69, 9.17) is 23.7 Å². The maximum atomic E-state index is 11.1. The van der Waals surface area contributed by atoms with E-state index >= 15 is 0 Å². The number of rotatable bonds is 0. The van der Waals surface area contributed by atoms with Gasteiger partial charge in [0.15, 0.2) is 16.8 Å². The Morgan fingerprint density at radius 3 is 2.40 bits per heavy atom. The number of hydrogen-bond acceptors (Lipinski definition) is 4. The molecule has 104 valence electrons. The molecule has 2 aliphatic rings. The fourth-order valence-electron chi connectivity index (χ4n) is 1.55. The monoisotopic (exact) mass is 295 g/mol. The fraction of sp³-hybridized carbons (Fsp3) is 0. The third-order valence-corrected chi connectivity index (χ3v) is 2.26. The zero-order valence-corrected chi connectivity index (χ0v) is 10.9. The van der Waals surface area contributed by atoms with Crippen LogP contribution in [0.4, 0.5) is 0 Å². The molecule has 7 nitrogen and oxygen atoms in total. The van der Waals surface area contributed by atoms with Gasteiger partial charge in [-0.3, -0.25) is 4.79 Å². The van der Waals surface area contributed by atoms with Gasteiger partial charge in [-0.1, -0.05) is 12.1 Å². The zero-order valence-electron chi connectivity index (χ0n) is 10.0. The van der Waals surface area contributed by atoms with Crippen LogP contribution in [0.25, 0.3) is 22.6 Å². The molecule has 1 aliphatic carbocycles. The smallest absolute Gasteiger partial charge is 0.453 e. The van der Waals surface area contributed by atoms with Crippen LogP contribution < -0.4 is 5.43 Å². The first-order valence-corrected chi connectivity index (χ1v) is 6.97. The summed E-state index contributed by atoms with van der Waals surface area (Å²) in [6.07, 6.45) is 0. The Hall–Kier alpha value is -2.05. The molecule has 0 radical (unpaired) electrons. The van der Waals surface area contributed by atoms with Gasteiger partial charge in [0.1, 0.15) is 11.2 Å². The van der Waals surface area contributed by atoms with E-state index < -0.39 is 7.82 Å². The molecule has 1 heterocycles. The predicted octanol–water partition coefficient (Wildman–Crippen LogP) is 1.36. The second-order valence-corrected chi connectivity index (χ2v) is 4.85. The average Bonchev–Trinajstić information content (AvgIpc) is 2.34. The van der Waals surface area contributed by atoms with Gasteiger partial charge in [0.05, 0.1) is 0 Å². The third kappa shape index (κ3) is 3.97. The van der Waals surface area contributed by atoms with Crippen LogP contribution in [-0.2, 0) is 4.57 Å². The van der Waals surface area contributed by atoms with Gasteiger partial charge in [0.2, 0.25) is 0 Å². The van der Waals surface area contributed by atoms with Crippen molar-refractivity contribution in [2.45, 2.75) is 0 Å². The molecule has 0 spiro atoms. The molecule has 0 bridgehead atoms. The molecule has 0 atom stereocenters. The van der Waals surface area contributed by atoms with Gasteiger partial charge < -0.3 is 19.1 Å². The van der Waals surface area contributed by atoms with E-state index in [0.717, 1.165) is 5.52 Å². The first kappa shape index (κ1) is 14.4. The maximum absolute atomic E-state index is 11.1. The second kappa shape index (κ2) is 5.52. The second-order valence-electron chi connectivity index (χ2n) is 3.82. The highest BCUT2D eigenvalue weighted by Crippen LogP contribution is 2.25. The van der Waals surface area contributed by atoms with Gasteiger partial charge in [-0.2, -0.15) is 0 Å². The topological polar surface area (TPSA) is 121 Å². The Labute approximate surface area is 112 Å². The lowest BCUT2D eigenvalue weighted by atomic mass is 10.2. The number of aromatic nitrogens is 1. The molecule has 1 aliphatic heterocycles. The zero-order chi connectivity index (χ0) is 14.8. The minimum Gasteiger partial charge on any atom is -0.453 e. The maximum Gasteiger partial charge on any atom is 0.466 e. The summed E-state index contributed by atoms with van der Waals surface area (Å²) in [7, 11) is -4.64. The van der Waals surface area contributed by atoms with Crippen LogP contribution in [0.2, 0.25) is 0 Å². The largest absolute Gasteiger partial charge is 0.466 e. The van der Waals surface area contributed by atoms with E-state index in [-0.39, 0.29) is 5.43 Å². The summed E-state index contributed by atoms with van der Waals surface area (Å²) in [6, 6.07) is 12.1. The van der Waals surface area contributed by atoms with Crippen molar-refractivity contribution < 1.29 is 23.7 Å². The highest BCUT2D eigenvalue weighted by molar-refractivity contribution is 7.45. The number of para-hydroxylation sites is 2. The predicted molar refractivity (Wildman–Crippen MR) is 71.2 cm³/mol. The van der Waals surface area contributed by atoms with Crippen LogP contribution in [0.15, 0.2) is 51.7 Å². The van der Waals surface area contributed by atoms with E-state index in [1.54, 1.807) is 6.07 Å². The van der Waals surface area contributed by atoms with E-state index in [1.165, 1.54) is 12.1 Å². The van der Waals surface area contributed by atoms with Gasteiger partial charge in [-0.15, -0.1) is 0 Å². The van der Waals surface area contributed by atoms with Gasteiger partial charge in [0.25, 0.3) is 0 Å². The summed E-state index contributed by atoms with van der Waals surface area (Å²) in [6.45, 7) is 0. The Balaban J connectivity index is 0.000000257. The first-order chi connectivity index (χ1) is 9.33. The Morgan fingerprint density at radius 1 is 1.05 bits per heavy atom. The summed E-state index contributed by atoms with van der Waals surface area (Å²) >= 11 is 0. The van der Waals surface area contributed by atoms with Gasteiger partial charge >= 0.3 is 7.82 Å². The molecular weight excluding hydrogens is 285 g/mol. The van der Waals surface area contributed by atoms with Crippen molar-refractivity contribution in [3.05, 3.63) is 52.7 Å². The molecule has 20 heavy (non-hydrogen) atoms. The fourth-order valence-corrected chi connectivity index (χ4v) is 1.55. The Kier molecular flexibility index (Phi) is 3.96. The molecule has 0 unspecified atom stereocenters. The SMILES string of the molecule is O=P(O)(O)O.O=c1ccc2nc3ccccc3oc-2c1. The summed E-state index contributed by atoms with van der Waals surface area (Å²) in [5.74, 6) is 0.529. The van der Waals surface area contributed by atoms with Crippen molar-refractivity contribution in [1.29, 1.82) is 0 Å². The quantitative estimate of drug-likeness (QED) is 0.423. The molecule has 0 aromatic heterocycles. The molecular formula is C12H10NO6P. The number of phosphoric acid groups is 1. The third-order valence-electron chi connectivity index (χ3n) is 2.26. The van der Waals surface area contributed by atoms with E-state index in [0.29, 0.717) is 17.0 Å². The first-order valence-electron chi connectivity index (χ1n) is 5.41. The minimum atomic E-state index is -4.64. The number of hydrogen-bond donors (Lipinski definition) is 3. The van der Waals surface area contributed by atoms with Gasteiger partial charge in [0, 0.05) is 6.07 Å². The number of nitrogens with zero attached hydrogens (tertiary/aromatic N) is 1. The molecule has 0 saturated heterocycles. The van der Waals surface area contributed by atoms with Crippen LogP contribution in [0.5, 0.6) is 0 Å². The number of fused-ring (bicyclic) bond motifs is 2. The molecule has 3 N–H and O–H groups in total. The minimum absolute atomic E-state index is 0.0664. The van der Waals surface area contributed by atoms with Gasteiger partial charge in [-0.25, -0.2) is 9.55 Å². The summed E-state index contributed by atoms with van der Waals surface area (Å²) in [4.78, 5) is 37.1. The van der Waals surface area contributed by atoms with Crippen LogP contribution in [0.3, 0.4) is 0 Å². The highest BCUT2D eigenvalue weighted by Gasteiger charge is 2.07. The normalized spacial score (nSPS) is 11.2. The lowest BCUT2D eigenvalue weighted by molar-refractivity contribution is 0.275. The van der Waals surface area contributed by atoms with Crippen molar-refractivity contribution in [2.24, 2.45) is 0 Å². The Bertz CT molecular complexity index is 800. The van der Waals surface area contributed by atoms with Crippen molar-refractivity contribution in [3.63, 3.8) is 0 Å². The van der Waals surface area contributed by atoms with Crippen LogP contribution in [0, 0.1) is 0 Å². The molecule has 3 rings (SSSR count). The summed E-state index contributed by atoms with van der Waals surface area (Å²) in [5.41, 5.74) is 2.12. The van der Waals surface area contributed by atoms with Crippen molar-refractivity contribution >= 4 is 18.9 Å². The number of benzene rings is 2. The average molecular weight is 295 g/mol. The lowest BCUT2D eigenvalue weighted by Gasteiger charge is -2.04. The summed E-state index contributed by atoms with van der Waals surface area (Å²) in [5, 5.41) is 0. The molecule has 8 heteroatoms.